The minimum Gasteiger partial charge on any atom is -0.793 e. The van der Waals surface area contributed by atoms with Crippen LogP contribution < -0.4 is 82.5 Å². The number of methoxy groups -OCH3 is 2. The van der Waals surface area contributed by atoms with Gasteiger partial charge in [-0.25, -0.2) is 38.1 Å². The molecule has 2 aliphatic heterocycles. The summed E-state index contributed by atoms with van der Waals surface area (Å²) in [5.74, 6) is -3.26. The first-order chi connectivity index (χ1) is 46.6. The molecule has 2 atom stereocenters. The smallest absolute Gasteiger partial charge is 0.793 e. The number of carbonyl (C=O) groups excluding carboxylic acids is 8. The van der Waals surface area contributed by atoms with Crippen molar-refractivity contribution in [2.75, 3.05) is 37.9 Å². The van der Waals surface area contributed by atoms with Crippen LogP contribution in [0.5, 0.6) is 11.5 Å². The third-order valence-corrected chi connectivity index (χ3v) is 15.3. The van der Waals surface area contributed by atoms with Crippen LogP contribution in [0.2, 0.25) is 0 Å². The van der Waals surface area contributed by atoms with E-state index < -0.39 is 52.5 Å². The summed E-state index contributed by atoms with van der Waals surface area (Å²) < 4.78 is 46.9. The molecular weight excluding hydrogens is 1290 g/mol. The average molecular weight is 1370 g/mol. The molecule has 4 heterocycles. The summed E-state index contributed by atoms with van der Waals surface area (Å²) in [4.78, 5) is 128. The number of hydrogen-bond donors (Lipinski definition) is 6. The molecule has 0 spiro atoms. The number of anilines is 2. The van der Waals surface area contributed by atoms with Crippen LogP contribution in [0.15, 0.2) is 132 Å². The van der Waals surface area contributed by atoms with Crippen molar-refractivity contribution in [2.24, 2.45) is 19.8 Å². The minimum atomic E-state index is -0.661. The van der Waals surface area contributed by atoms with Crippen molar-refractivity contribution in [3.8, 4) is 56.0 Å². The molecule has 25 nitrogen and oxygen atoms in total. The van der Waals surface area contributed by atoms with Gasteiger partial charge >= 0.3 is 41.5 Å². The second-order valence-electron chi connectivity index (χ2n) is 22.2. The third kappa shape index (κ3) is 21.2. The molecule has 0 saturated carbocycles. The zero-order valence-corrected chi connectivity index (χ0v) is 58.6. The molecule has 4 amide bonds. The molecule has 29 heteroatoms. The van der Waals surface area contributed by atoms with Gasteiger partial charge in [0.15, 0.2) is 6.29 Å². The van der Waals surface area contributed by atoms with Crippen LogP contribution in [0.25, 0.3) is 44.5 Å². The molecule has 3 radical (unpaired) electrons. The number of aryl methyl sites for hydroxylation is 2. The maximum Gasteiger partial charge on any atom is 1.00 e. The molecule has 2 aromatic heterocycles. The van der Waals surface area contributed by atoms with E-state index in [9.17, 15) is 52.3 Å². The van der Waals surface area contributed by atoms with Crippen LogP contribution >= 0.6 is 0 Å². The van der Waals surface area contributed by atoms with Crippen LogP contribution in [0, 0.1) is 39.3 Å². The number of amides is 4. The molecule has 8 aromatic rings. The Labute approximate surface area is 592 Å². The SMILES string of the molecule is CC(=O)OOC(C)=O.COc1cc(-c2cccc(-c3cccc(NC(=O)c4cncn(C)c4=O)c3C)c2C)cc(F)c1C=O.COc1cc(-c2cccc(-c3cccc(NC(=O)c4cncn(C)c4=O)c3C)c2C)cc(F)c1CN[C@H]1CNC(=O)C1.N[C@H]1CNC(=O)C1.[B-]OC(C)=O.[Na+]. The maximum absolute atomic E-state index is 15.4. The molecule has 2 fully saturated rings. The van der Waals surface area contributed by atoms with Crippen molar-refractivity contribution < 1.29 is 101 Å². The topological polar surface area (TPSA) is 339 Å². The van der Waals surface area contributed by atoms with Gasteiger partial charge in [0.25, 0.3) is 22.9 Å². The first-order valence-electron chi connectivity index (χ1n) is 30.1. The molecule has 511 valence electrons. The van der Waals surface area contributed by atoms with Gasteiger partial charge in [-0.15, -0.1) is 0 Å². The van der Waals surface area contributed by atoms with E-state index in [1.165, 1.54) is 81.6 Å². The number of carbonyl (C=O) groups is 8. The normalized spacial score (nSPS) is 13.2. The van der Waals surface area contributed by atoms with Crippen molar-refractivity contribution in [3.05, 3.63) is 199 Å². The number of aldehydes is 1. The number of nitrogens with two attached hydrogens (primary N) is 1. The predicted octanol–water partition coefficient (Wildman–Crippen LogP) is 4.55. The fourth-order valence-electron chi connectivity index (χ4n) is 10.2. The maximum atomic E-state index is 15.4. The Kier molecular flexibility index (Phi) is 29.8. The Balaban J connectivity index is 0.000000278. The van der Waals surface area contributed by atoms with Crippen molar-refractivity contribution >= 4 is 67.2 Å². The first-order valence-corrected chi connectivity index (χ1v) is 30.1. The molecule has 99 heavy (non-hydrogen) atoms. The van der Waals surface area contributed by atoms with E-state index >= 15 is 4.39 Å². The number of halogens is 2. The van der Waals surface area contributed by atoms with Crippen LogP contribution in [0.3, 0.4) is 0 Å². The summed E-state index contributed by atoms with van der Waals surface area (Å²) in [6.45, 7) is 12.6. The number of nitrogens with one attached hydrogen (secondary N) is 5. The van der Waals surface area contributed by atoms with E-state index in [1.54, 1.807) is 18.2 Å². The van der Waals surface area contributed by atoms with E-state index in [0.717, 1.165) is 69.5 Å². The number of ether oxygens (including phenoxy) is 2. The molecule has 6 aromatic carbocycles. The number of aromatic nitrogens is 4. The van der Waals surface area contributed by atoms with Gasteiger partial charge in [0, 0.05) is 109 Å². The number of rotatable bonds is 14. The second-order valence-corrected chi connectivity index (χ2v) is 22.2. The average Bonchev–Trinajstić information content (AvgIpc) is 1.24. The first kappa shape index (κ1) is 79.2. The molecular formula is C70H73BF2N10NaO15. The van der Waals surface area contributed by atoms with E-state index in [4.69, 9.17) is 15.2 Å². The summed E-state index contributed by atoms with van der Waals surface area (Å²) in [7, 11) is 10.3. The monoisotopic (exact) mass is 1370 g/mol. The Bertz CT molecular complexity index is 4440. The molecule has 0 bridgehead atoms. The Morgan fingerprint density at radius 2 is 1.01 bits per heavy atom. The van der Waals surface area contributed by atoms with E-state index in [0.29, 0.717) is 66.0 Å². The largest absolute Gasteiger partial charge is 1.00 e. The Morgan fingerprint density at radius 3 is 1.38 bits per heavy atom. The van der Waals surface area contributed by atoms with Gasteiger partial charge in [-0.1, -0.05) is 60.7 Å². The van der Waals surface area contributed by atoms with Crippen molar-refractivity contribution in [2.45, 2.75) is 79.9 Å². The number of nitrogens with zero attached hydrogens (tertiary/aromatic N) is 4. The summed E-state index contributed by atoms with van der Waals surface area (Å²) in [5.41, 5.74) is 15.6. The van der Waals surface area contributed by atoms with Gasteiger partial charge in [-0.05, 0) is 131 Å². The summed E-state index contributed by atoms with van der Waals surface area (Å²) >= 11 is 0. The zero-order chi connectivity index (χ0) is 72.1. The van der Waals surface area contributed by atoms with Gasteiger partial charge < -0.3 is 63.6 Å². The van der Waals surface area contributed by atoms with Crippen LogP contribution in [-0.2, 0) is 59.0 Å². The molecule has 7 N–H and O–H groups in total. The van der Waals surface area contributed by atoms with E-state index in [1.807, 2.05) is 94.4 Å². The summed E-state index contributed by atoms with van der Waals surface area (Å²) in [6.07, 6.45) is 6.49. The van der Waals surface area contributed by atoms with Gasteiger partial charge in [-0.3, -0.25) is 38.4 Å². The van der Waals surface area contributed by atoms with Crippen LogP contribution in [0.4, 0.5) is 20.2 Å². The standard InChI is InChI=1S/C32H32FN5O4.C28H24FN3O4.C4H8N2O.C4H6O4.C2H3BO2.Na/c1-18-22(20-11-27(33)25(29(12-20)42-4)16-35-21-13-30(39)36-14-21)7-5-8-23(18)24-9-6-10-28(19(24)2)37-31(40)26-15-34-17-38(3)32(26)41;1-16-19(18-11-24(29)23(14-33)26(12-18)36-4)7-5-8-20(16)21-9-6-10-25(17(21)2)31-27(34)22-13-30-15-32(3)28(22)35;5-3-1-4(7)6-2-3;1-3(5)7-8-4(2)6;1-2(4)5-3;/h5-12,15,17,21,35H,13-14,16H2,1-4H3,(H,36,39)(H,37,40);5-15H,1-4H3,(H,31,34);3H,1-2,5H2,(H,6,7);1-2H3;1H3;/q;;;;-1;+1/t21-;;3-;;;/m1.1.../s1. The van der Waals surface area contributed by atoms with Gasteiger partial charge in [-0.2, -0.15) is 0 Å². The van der Waals surface area contributed by atoms with Gasteiger partial charge in [0.05, 0.1) is 32.4 Å². The molecule has 0 unspecified atom stereocenters. The quantitative estimate of drug-likeness (QED) is 0.0376. The summed E-state index contributed by atoms with van der Waals surface area (Å²) in [6, 6.07) is 28.8. The van der Waals surface area contributed by atoms with Crippen molar-refractivity contribution in [1.82, 2.24) is 35.1 Å². The van der Waals surface area contributed by atoms with Crippen LogP contribution in [0.1, 0.15) is 92.5 Å². The van der Waals surface area contributed by atoms with Gasteiger partial charge in [0.2, 0.25) is 17.8 Å². The Hall–Kier alpha value is -10.5. The fraction of sp³-hybridized carbons (Fsp3) is 0.257. The number of benzene rings is 6. The van der Waals surface area contributed by atoms with Crippen LogP contribution in [-0.4, -0.2) is 114 Å². The summed E-state index contributed by atoms with van der Waals surface area (Å²) in [5, 5.41) is 14.3. The third-order valence-electron chi connectivity index (χ3n) is 15.3. The van der Waals surface area contributed by atoms with Gasteiger partial charge in [0.1, 0.15) is 34.3 Å². The Morgan fingerprint density at radius 1 is 0.606 bits per heavy atom. The molecule has 2 saturated heterocycles. The fourth-order valence-corrected chi connectivity index (χ4v) is 10.2. The molecule has 10 rings (SSSR count). The van der Waals surface area contributed by atoms with E-state index in [2.05, 4.69) is 59.0 Å². The number of hydrogen-bond acceptors (Lipinski definition) is 19. The van der Waals surface area contributed by atoms with Crippen molar-refractivity contribution in [1.29, 1.82) is 0 Å². The van der Waals surface area contributed by atoms with Crippen molar-refractivity contribution in [3.63, 3.8) is 0 Å². The molecule has 0 aliphatic carbocycles. The van der Waals surface area contributed by atoms with E-state index in [-0.39, 0.29) is 82.4 Å². The second kappa shape index (κ2) is 37.3. The minimum absolute atomic E-state index is 0. The predicted molar refractivity (Wildman–Crippen MR) is 362 cm³/mol. The molecule has 2 aliphatic rings. The zero-order valence-electron chi connectivity index (χ0n) is 56.6.